The Kier molecular flexibility index (Phi) is 6.67. The van der Waals surface area contributed by atoms with E-state index in [1.54, 1.807) is 52.1 Å². The number of halogens is 1. The first-order valence-electron chi connectivity index (χ1n) is 12.0. The highest BCUT2D eigenvalue weighted by atomic mass is 79.9. The van der Waals surface area contributed by atoms with Gasteiger partial charge in [0.05, 0.1) is 31.9 Å². The largest absolute Gasteiger partial charge is 0.355 e. The van der Waals surface area contributed by atoms with Crippen LogP contribution in [0.1, 0.15) is 52.9 Å². The van der Waals surface area contributed by atoms with E-state index in [9.17, 15) is 14.4 Å². The molecule has 11 heteroatoms. The number of H-pyrrole nitrogens is 1. The zero-order valence-electron chi connectivity index (χ0n) is 20.9. The molecule has 5 rings (SSSR count). The number of carbonyl (C=O) groups is 2. The number of nitrogens with one attached hydrogen (secondary N) is 3. The molecule has 9 nitrogen and oxygen atoms in total. The molecular formula is C26H27BrN6O3S. The van der Waals surface area contributed by atoms with Crippen molar-refractivity contribution < 1.29 is 9.59 Å². The van der Waals surface area contributed by atoms with Crippen LogP contribution in [0, 0.1) is 0 Å². The molecule has 4 heterocycles. The fourth-order valence-corrected chi connectivity index (χ4v) is 6.13. The minimum Gasteiger partial charge on any atom is -0.355 e. The molecule has 0 spiro atoms. The van der Waals surface area contributed by atoms with Crippen LogP contribution in [0.15, 0.2) is 45.0 Å². The van der Waals surface area contributed by atoms with Gasteiger partial charge < -0.3 is 20.5 Å². The van der Waals surface area contributed by atoms with Crippen molar-refractivity contribution in [2.45, 2.75) is 45.8 Å². The lowest BCUT2D eigenvalue weighted by Crippen LogP contribution is -2.46. The molecular weight excluding hydrogens is 556 g/mol. The van der Waals surface area contributed by atoms with Crippen LogP contribution < -0.4 is 16.2 Å². The van der Waals surface area contributed by atoms with E-state index in [1.165, 1.54) is 0 Å². The molecule has 2 amide bonds. The van der Waals surface area contributed by atoms with Gasteiger partial charge in [0.1, 0.15) is 5.69 Å². The topological polar surface area (TPSA) is 112 Å². The van der Waals surface area contributed by atoms with Crippen molar-refractivity contribution >= 4 is 55.2 Å². The standard InChI is InChI=1S/C26H27BrN6O3S/c1-13(2)29-26-31-20-12-32(25(36)19-10-21-18(30-19)11-22(27)37-21)14(3)9-17(20)24(35)33(26)16-7-5-15(6-8-16)23(34)28-4/h5-8,10-11,13-14,30H,9,12H2,1-4H3,(H,28,34)(H,29,31)/t14-/m1/s1. The van der Waals surface area contributed by atoms with Crippen LogP contribution >= 0.6 is 27.3 Å². The van der Waals surface area contributed by atoms with Crippen LogP contribution in [0.3, 0.4) is 0 Å². The minimum atomic E-state index is -0.198. The summed E-state index contributed by atoms with van der Waals surface area (Å²) in [7, 11) is 1.58. The fourth-order valence-electron chi connectivity index (χ4n) is 4.59. The Morgan fingerprint density at radius 3 is 2.59 bits per heavy atom. The number of hydrogen-bond acceptors (Lipinski definition) is 6. The Labute approximate surface area is 226 Å². The number of anilines is 1. The molecule has 0 radical (unpaired) electrons. The van der Waals surface area contributed by atoms with Crippen molar-refractivity contribution in [2.24, 2.45) is 0 Å². The van der Waals surface area contributed by atoms with Gasteiger partial charge in [-0.1, -0.05) is 0 Å². The smallest absolute Gasteiger partial charge is 0.270 e. The molecule has 4 aromatic rings. The van der Waals surface area contributed by atoms with E-state index in [0.717, 1.165) is 14.0 Å². The third-order valence-electron chi connectivity index (χ3n) is 6.41. The minimum absolute atomic E-state index is 0.0211. The van der Waals surface area contributed by atoms with Crippen molar-refractivity contribution in [1.29, 1.82) is 0 Å². The van der Waals surface area contributed by atoms with Gasteiger partial charge in [-0.3, -0.25) is 14.4 Å². The van der Waals surface area contributed by atoms with Crippen molar-refractivity contribution in [1.82, 2.24) is 24.8 Å². The highest BCUT2D eigenvalue weighted by Crippen LogP contribution is 2.31. The summed E-state index contributed by atoms with van der Waals surface area (Å²) in [5.41, 5.74) is 3.56. The monoisotopic (exact) mass is 582 g/mol. The van der Waals surface area contributed by atoms with E-state index in [-0.39, 0.29) is 36.0 Å². The number of carbonyl (C=O) groups excluding carboxylic acids is 2. The van der Waals surface area contributed by atoms with Gasteiger partial charge in [-0.15, -0.1) is 11.3 Å². The average Bonchev–Trinajstić information content (AvgIpc) is 3.41. The van der Waals surface area contributed by atoms with Gasteiger partial charge in [-0.2, -0.15) is 0 Å². The molecule has 0 saturated carbocycles. The number of thiophene rings is 1. The molecule has 0 aliphatic carbocycles. The quantitative estimate of drug-likeness (QED) is 0.325. The summed E-state index contributed by atoms with van der Waals surface area (Å²) in [4.78, 5) is 49.0. The Hall–Kier alpha value is -3.44. The summed E-state index contributed by atoms with van der Waals surface area (Å²) >= 11 is 5.04. The molecule has 1 atom stereocenters. The Morgan fingerprint density at radius 2 is 1.95 bits per heavy atom. The van der Waals surface area contributed by atoms with Gasteiger partial charge in [0.2, 0.25) is 5.95 Å². The third kappa shape index (κ3) is 4.69. The van der Waals surface area contributed by atoms with E-state index >= 15 is 0 Å². The zero-order chi connectivity index (χ0) is 26.4. The summed E-state index contributed by atoms with van der Waals surface area (Å²) < 4.78 is 3.56. The number of benzene rings is 1. The van der Waals surface area contributed by atoms with E-state index in [0.29, 0.717) is 40.6 Å². The van der Waals surface area contributed by atoms with Gasteiger partial charge in [-0.05, 0) is 79.5 Å². The lowest BCUT2D eigenvalue weighted by atomic mass is 9.99. The van der Waals surface area contributed by atoms with Crippen molar-refractivity contribution in [3.05, 3.63) is 73.1 Å². The number of hydrogen-bond donors (Lipinski definition) is 3. The van der Waals surface area contributed by atoms with Gasteiger partial charge in [0, 0.05) is 30.3 Å². The summed E-state index contributed by atoms with van der Waals surface area (Å²) in [5.74, 6) is 0.0848. The third-order valence-corrected chi connectivity index (χ3v) is 8.00. The number of rotatable bonds is 5. The number of aromatic nitrogens is 3. The Bertz CT molecular complexity index is 1540. The first kappa shape index (κ1) is 25.2. The average molecular weight is 584 g/mol. The summed E-state index contributed by atoms with van der Waals surface area (Å²) in [6.45, 7) is 6.13. The number of amides is 2. The lowest BCUT2D eigenvalue weighted by molar-refractivity contribution is 0.0648. The van der Waals surface area contributed by atoms with Crippen molar-refractivity contribution in [3.63, 3.8) is 0 Å². The van der Waals surface area contributed by atoms with Crippen LogP contribution in [0.5, 0.6) is 0 Å². The molecule has 0 bridgehead atoms. The van der Waals surface area contributed by atoms with Crippen molar-refractivity contribution in [2.75, 3.05) is 12.4 Å². The molecule has 3 N–H and O–H groups in total. The van der Waals surface area contributed by atoms with Crippen LogP contribution in [0.4, 0.5) is 5.95 Å². The second-order valence-electron chi connectivity index (χ2n) is 9.42. The maximum atomic E-state index is 13.8. The lowest BCUT2D eigenvalue weighted by Gasteiger charge is -2.34. The summed E-state index contributed by atoms with van der Waals surface area (Å²) in [6, 6.07) is 10.5. The first-order valence-corrected chi connectivity index (χ1v) is 13.6. The second-order valence-corrected chi connectivity index (χ2v) is 11.9. The molecule has 3 aromatic heterocycles. The maximum absolute atomic E-state index is 13.8. The van der Waals surface area contributed by atoms with Crippen LogP contribution in [-0.2, 0) is 13.0 Å². The zero-order valence-corrected chi connectivity index (χ0v) is 23.3. The van der Waals surface area contributed by atoms with E-state index in [4.69, 9.17) is 4.98 Å². The van der Waals surface area contributed by atoms with Gasteiger partial charge in [0.25, 0.3) is 17.4 Å². The molecule has 0 fully saturated rings. The SMILES string of the molecule is CNC(=O)c1ccc(-n2c(NC(C)C)nc3c(c2=O)C[C@@H](C)N(C(=O)c2cc4sc(Br)cc4[nH]2)C3)cc1. The first-order chi connectivity index (χ1) is 17.7. The van der Waals surface area contributed by atoms with Gasteiger partial charge >= 0.3 is 0 Å². The van der Waals surface area contributed by atoms with Gasteiger partial charge in [-0.25, -0.2) is 9.55 Å². The van der Waals surface area contributed by atoms with E-state index in [2.05, 4.69) is 31.5 Å². The highest BCUT2D eigenvalue weighted by molar-refractivity contribution is 9.11. The maximum Gasteiger partial charge on any atom is 0.270 e. The predicted molar refractivity (Wildman–Crippen MR) is 149 cm³/mol. The fraction of sp³-hybridized carbons (Fsp3) is 0.308. The van der Waals surface area contributed by atoms with Crippen LogP contribution in [0.2, 0.25) is 0 Å². The van der Waals surface area contributed by atoms with E-state index < -0.39 is 0 Å². The number of nitrogens with zero attached hydrogens (tertiary/aromatic N) is 3. The Balaban J connectivity index is 1.53. The van der Waals surface area contributed by atoms with Crippen molar-refractivity contribution in [3.8, 4) is 5.69 Å². The molecule has 1 aliphatic heterocycles. The number of aromatic amines is 1. The molecule has 1 aromatic carbocycles. The van der Waals surface area contributed by atoms with E-state index in [1.807, 2.05) is 32.9 Å². The van der Waals surface area contributed by atoms with Gasteiger partial charge in [0.15, 0.2) is 0 Å². The molecule has 0 unspecified atom stereocenters. The second kappa shape index (κ2) is 9.79. The summed E-state index contributed by atoms with van der Waals surface area (Å²) in [6.07, 6.45) is 0.395. The normalized spacial score (nSPS) is 15.2. The molecule has 1 aliphatic rings. The summed E-state index contributed by atoms with van der Waals surface area (Å²) in [5, 5.41) is 5.88. The molecule has 192 valence electrons. The van der Waals surface area contributed by atoms with Crippen LogP contribution in [0.25, 0.3) is 15.9 Å². The number of fused-ring (bicyclic) bond motifs is 2. The molecule has 0 saturated heterocycles. The predicted octanol–water partition coefficient (Wildman–Crippen LogP) is 4.30. The Morgan fingerprint density at radius 1 is 1.22 bits per heavy atom. The highest BCUT2D eigenvalue weighted by Gasteiger charge is 2.32. The van der Waals surface area contributed by atoms with Crippen LogP contribution in [-0.4, -0.2) is 50.4 Å². The molecule has 37 heavy (non-hydrogen) atoms.